The first-order valence-electron chi connectivity index (χ1n) is 2.56. The molecule has 0 radical (unpaired) electrons. The van der Waals surface area contributed by atoms with E-state index in [-0.39, 0.29) is 72.5 Å². The van der Waals surface area contributed by atoms with Crippen molar-refractivity contribution in [1.82, 2.24) is 0 Å². The van der Waals surface area contributed by atoms with Crippen molar-refractivity contribution >= 4 is 0 Å². The van der Waals surface area contributed by atoms with Gasteiger partial charge in [0.15, 0.2) is 0 Å². The third-order valence-electron chi connectivity index (χ3n) is 0. The van der Waals surface area contributed by atoms with Crippen LogP contribution in [0.3, 0.4) is 0 Å². The van der Waals surface area contributed by atoms with Crippen molar-refractivity contribution in [3.05, 3.63) is 38.0 Å². The first-order chi connectivity index (χ1) is 4.24. The zero-order valence-electron chi connectivity index (χ0n) is 9.88. The third kappa shape index (κ3) is 3190. The largest absolute Gasteiger partial charge is 2.00 e. The van der Waals surface area contributed by atoms with Crippen LogP contribution >= 0.6 is 0 Å². The smallest absolute Gasteiger partial charge is 1.00 e. The number of hydrogen-bond donors (Lipinski definition) is 0. The summed E-state index contributed by atoms with van der Waals surface area (Å²) in [5.74, 6) is 0. The molecule has 0 aromatic carbocycles. The molecule has 0 N–H and O–H groups in total. The van der Waals surface area contributed by atoms with Crippen molar-refractivity contribution in [2.24, 2.45) is 0 Å². The molecule has 0 aromatic rings. The second-order valence-electron chi connectivity index (χ2n) is 1.06. The predicted octanol–water partition coefficient (Wildman–Crippen LogP) is -6.01. The second kappa shape index (κ2) is 190. The first kappa shape index (κ1) is 74.3. The number of allylic oxidation sites excluding steroid dienone is 3. The van der Waals surface area contributed by atoms with E-state index in [1.165, 1.54) is 0 Å². The van der Waals surface area contributed by atoms with Crippen LogP contribution in [0.4, 0.5) is 0 Å². The van der Waals surface area contributed by atoms with Crippen LogP contribution in [-0.2, 0) is 58.4 Å². The van der Waals surface area contributed by atoms with Gasteiger partial charge < -0.3 is 32.3 Å². The summed E-state index contributed by atoms with van der Waals surface area (Å²) in [4.78, 5) is 0. The van der Waals surface area contributed by atoms with Gasteiger partial charge in [0.05, 0.1) is 0 Å². The Balaban J connectivity index is -0.00000000429. The molecule has 0 aliphatic carbocycles. The second-order valence-corrected chi connectivity index (χ2v) is 1.06. The van der Waals surface area contributed by atoms with Crippen molar-refractivity contribution < 1.29 is 72.5 Å². The van der Waals surface area contributed by atoms with Gasteiger partial charge in [0.1, 0.15) is 0 Å². The van der Waals surface area contributed by atoms with E-state index in [1.807, 2.05) is 0 Å². The van der Waals surface area contributed by atoms with E-state index >= 15 is 0 Å². The topological polar surface area (TPSA) is 0 Å². The van der Waals surface area contributed by atoms with E-state index in [1.54, 1.807) is 20.8 Å². The van der Waals surface area contributed by atoms with Crippen LogP contribution in [0.2, 0.25) is 0 Å². The Hall–Kier alpha value is 0.880. The summed E-state index contributed by atoms with van der Waals surface area (Å²) in [5, 5.41) is 0. The monoisotopic (exact) mass is 372 g/mol. The molecule has 6 heteroatoms. The molecule has 0 saturated carbocycles. The van der Waals surface area contributed by atoms with Gasteiger partial charge in [-0.1, -0.05) is 0 Å². The van der Waals surface area contributed by atoms with Crippen LogP contribution in [0, 0.1) is 18.2 Å². The number of rotatable bonds is 0. The molecule has 0 aliphatic rings. The van der Waals surface area contributed by atoms with Gasteiger partial charge in [0, 0.05) is 0 Å². The molecule has 0 unspecified atom stereocenters. The van der Waals surface area contributed by atoms with Crippen molar-refractivity contribution in [2.75, 3.05) is 0 Å². The SMILES string of the molecule is C=[C-]C.C=[C-]C.C=[C-]C.[F-].[F-].[F-].[Zn+2].[Zn+2].[Zn+2]. The molecule has 0 aliphatic heterocycles. The maximum atomic E-state index is 3.24. The summed E-state index contributed by atoms with van der Waals surface area (Å²) in [5.41, 5.74) is 0. The van der Waals surface area contributed by atoms with E-state index in [9.17, 15) is 0 Å². The Bertz CT molecular complexity index is 57.4. The van der Waals surface area contributed by atoms with Crippen LogP contribution in [-0.4, -0.2) is 0 Å². The Morgan fingerprint density at radius 3 is 0.533 bits per heavy atom. The summed E-state index contributed by atoms with van der Waals surface area (Å²) in [6, 6.07) is 0. The van der Waals surface area contributed by atoms with Gasteiger partial charge in [-0.15, -0.1) is 0 Å². The maximum Gasteiger partial charge on any atom is 2.00 e. The predicted molar refractivity (Wildman–Crippen MR) is 43.6 cm³/mol. The van der Waals surface area contributed by atoms with Crippen molar-refractivity contribution in [3.63, 3.8) is 0 Å². The van der Waals surface area contributed by atoms with Crippen LogP contribution in [0.25, 0.3) is 0 Å². The minimum Gasteiger partial charge on any atom is -1.00 e. The molecule has 0 fully saturated rings. The van der Waals surface area contributed by atoms with Crippen LogP contribution < -0.4 is 14.1 Å². The van der Waals surface area contributed by atoms with Crippen LogP contribution in [0.5, 0.6) is 0 Å². The van der Waals surface area contributed by atoms with E-state index in [4.69, 9.17) is 0 Å². The fourth-order valence-electron chi connectivity index (χ4n) is 0. The number of halogens is 3. The fourth-order valence-corrected chi connectivity index (χ4v) is 0. The number of hydrogen-bond acceptors (Lipinski definition) is 0. The Morgan fingerprint density at radius 2 is 0.533 bits per heavy atom. The van der Waals surface area contributed by atoms with E-state index < -0.39 is 0 Å². The zero-order chi connectivity index (χ0) is 8.12. The molecule has 0 atom stereocenters. The standard InChI is InChI=1S/3C3H5.3FH.3Zn/c3*1-3-2;;;;;;/h3*1H2,2H3;3*1H;;;/q3*-1;;;;3*+2/p-3. The molecule has 0 spiro atoms. The minimum atomic E-state index is 0. The van der Waals surface area contributed by atoms with Gasteiger partial charge in [0.25, 0.3) is 0 Å². The molecule has 0 bridgehead atoms. The summed E-state index contributed by atoms with van der Waals surface area (Å²) in [7, 11) is 0. The molecule has 0 amide bonds. The normalized spacial score (nSPS) is 2.60. The summed E-state index contributed by atoms with van der Waals surface area (Å²) in [6.07, 6.45) is 7.50. The van der Waals surface area contributed by atoms with Crippen LogP contribution in [0.15, 0.2) is 19.7 Å². The van der Waals surface area contributed by atoms with E-state index in [2.05, 4.69) is 38.0 Å². The third-order valence-corrected chi connectivity index (χ3v) is 0. The van der Waals surface area contributed by atoms with E-state index in [0.717, 1.165) is 0 Å². The molecular weight excluding hydrogens is 361 g/mol. The summed E-state index contributed by atoms with van der Waals surface area (Å²) < 4.78 is 0. The molecule has 0 saturated heterocycles. The quantitative estimate of drug-likeness (QED) is 0.292. The molecule has 0 heterocycles. The maximum absolute atomic E-state index is 3.24. The van der Waals surface area contributed by atoms with Gasteiger partial charge in [-0.2, -0.15) is 20.8 Å². The van der Waals surface area contributed by atoms with Gasteiger partial charge in [0.2, 0.25) is 0 Å². The molecule has 0 nitrogen and oxygen atoms in total. The molecule has 15 heavy (non-hydrogen) atoms. The average Bonchev–Trinajstić information content (AvgIpc) is 1.70. The molecule has 0 rings (SSSR count). The molecule has 78 valence electrons. The molecular formula is C9H15F3Zn3. The van der Waals surface area contributed by atoms with Gasteiger partial charge in [-0.05, 0) is 0 Å². The van der Waals surface area contributed by atoms with Crippen LogP contribution in [0.1, 0.15) is 20.8 Å². The van der Waals surface area contributed by atoms with Gasteiger partial charge in [-0.25, -0.2) is 0 Å². The zero-order valence-corrected chi connectivity index (χ0v) is 18.8. The average molecular weight is 376 g/mol. The van der Waals surface area contributed by atoms with Gasteiger partial charge in [-0.3, -0.25) is 19.7 Å². The van der Waals surface area contributed by atoms with Crippen molar-refractivity contribution in [1.29, 1.82) is 0 Å². The minimum absolute atomic E-state index is 0. The summed E-state index contributed by atoms with van der Waals surface area (Å²) >= 11 is 0. The van der Waals surface area contributed by atoms with Crippen molar-refractivity contribution in [3.8, 4) is 0 Å². The Labute approximate surface area is 130 Å². The summed E-state index contributed by atoms with van der Waals surface area (Å²) in [6.45, 7) is 15.0. The fraction of sp³-hybridized carbons (Fsp3) is 0.333. The van der Waals surface area contributed by atoms with E-state index in [0.29, 0.717) is 0 Å². The Kier molecular flexibility index (Phi) is 943. The van der Waals surface area contributed by atoms with Crippen molar-refractivity contribution in [2.45, 2.75) is 20.8 Å². The Morgan fingerprint density at radius 1 is 0.533 bits per heavy atom. The molecule has 0 aromatic heterocycles. The van der Waals surface area contributed by atoms with Gasteiger partial charge >= 0.3 is 58.4 Å². The first-order valence-corrected chi connectivity index (χ1v) is 2.56.